The van der Waals surface area contributed by atoms with E-state index in [1.165, 1.54) is 0 Å². The number of amides is 2. The molecule has 0 aromatic rings. The highest BCUT2D eigenvalue weighted by Crippen LogP contribution is 2.23. The molecule has 0 aliphatic carbocycles. The van der Waals surface area contributed by atoms with Crippen molar-refractivity contribution in [3.63, 3.8) is 0 Å². The van der Waals surface area contributed by atoms with Gasteiger partial charge in [-0.15, -0.1) is 0 Å². The molecule has 18 heavy (non-hydrogen) atoms. The van der Waals surface area contributed by atoms with Crippen molar-refractivity contribution in [1.82, 2.24) is 10.2 Å². The van der Waals surface area contributed by atoms with Crippen LogP contribution in [0.15, 0.2) is 0 Å². The predicted molar refractivity (Wildman–Crippen MR) is 69.3 cm³/mol. The third-order valence-electron chi connectivity index (χ3n) is 3.41. The quantitative estimate of drug-likeness (QED) is 0.805. The number of hydrogen-bond donors (Lipinski definition) is 2. The van der Waals surface area contributed by atoms with E-state index >= 15 is 0 Å². The SMILES string of the molecule is CC(C)CC(C)NC(=O)N1C[C@@H](C)[C@H](C(=O)O)C1. The average molecular weight is 256 g/mol. The Morgan fingerprint density at radius 2 is 1.94 bits per heavy atom. The van der Waals surface area contributed by atoms with Crippen LogP contribution in [0.2, 0.25) is 0 Å². The lowest BCUT2D eigenvalue weighted by Crippen LogP contribution is -2.43. The van der Waals surface area contributed by atoms with Gasteiger partial charge >= 0.3 is 12.0 Å². The zero-order valence-electron chi connectivity index (χ0n) is 11.6. The molecule has 1 aliphatic rings. The van der Waals surface area contributed by atoms with Crippen LogP contribution >= 0.6 is 0 Å². The van der Waals surface area contributed by atoms with Crippen molar-refractivity contribution in [1.29, 1.82) is 0 Å². The molecule has 2 N–H and O–H groups in total. The lowest BCUT2D eigenvalue weighted by Gasteiger charge is -2.21. The highest BCUT2D eigenvalue weighted by Gasteiger charge is 2.37. The summed E-state index contributed by atoms with van der Waals surface area (Å²) in [7, 11) is 0. The van der Waals surface area contributed by atoms with Gasteiger partial charge in [-0.1, -0.05) is 20.8 Å². The van der Waals surface area contributed by atoms with Crippen LogP contribution in [0.3, 0.4) is 0 Å². The number of nitrogens with zero attached hydrogens (tertiary/aromatic N) is 1. The van der Waals surface area contributed by atoms with Gasteiger partial charge in [0.1, 0.15) is 0 Å². The second kappa shape index (κ2) is 6.07. The van der Waals surface area contributed by atoms with Crippen molar-refractivity contribution in [2.75, 3.05) is 13.1 Å². The van der Waals surface area contributed by atoms with Crippen LogP contribution in [-0.2, 0) is 4.79 Å². The summed E-state index contributed by atoms with van der Waals surface area (Å²) in [6.45, 7) is 8.92. The molecule has 3 atom stereocenters. The van der Waals surface area contributed by atoms with Gasteiger partial charge in [-0.3, -0.25) is 4.79 Å². The van der Waals surface area contributed by atoms with Crippen molar-refractivity contribution in [3.05, 3.63) is 0 Å². The number of rotatable bonds is 4. The Labute approximate surface area is 109 Å². The maximum atomic E-state index is 12.0. The molecule has 5 heteroatoms. The maximum Gasteiger partial charge on any atom is 0.317 e. The molecular formula is C13H24N2O3. The molecule has 104 valence electrons. The summed E-state index contributed by atoms with van der Waals surface area (Å²) >= 11 is 0. The molecule has 1 heterocycles. The van der Waals surface area contributed by atoms with Gasteiger partial charge in [-0.2, -0.15) is 0 Å². The van der Waals surface area contributed by atoms with Crippen LogP contribution in [0.5, 0.6) is 0 Å². The normalized spacial score (nSPS) is 25.3. The lowest BCUT2D eigenvalue weighted by atomic mass is 9.99. The van der Waals surface area contributed by atoms with Gasteiger partial charge < -0.3 is 15.3 Å². The molecule has 1 aliphatic heterocycles. The van der Waals surface area contributed by atoms with Crippen LogP contribution in [0, 0.1) is 17.8 Å². The highest BCUT2D eigenvalue weighted by molar-refractivity contribution is 5.77. The van der Waals surface area contributed by atoms with Crippen molar-refractivity contribution in [2.24, 2.45) is 17.8 Å². The third kappa shape index (κ3) is 3.89. The molecule has 0 saturated carbocycles. The molecule has 0 bridgehead atoms. The first-order chi connectivity index (χ1) is 8.31. The molecule has 0 radical (unpaired) electrons. The number of hydrogen-bond acceptors (Lipinski definition) is 2. The van der Waals surface area contributed by atoms with Crippen LogP contribution in [0.4, 0.5) is 4.79 Å². The molecule has 1 saturated heterocycles. The lowest BCUT2D eigenvalue weighted by molar-refractivity contribution is -0.142. The fourth-order valence-corrected chi connectivity index (χ4v) is 2.52. The van der Waals surface area contributed by atoms with E-state index in [9.17, 15) is 9.59 Å². The molecule has 1 fully saturated rings. The summed E-state index contributed by atoms with van der Waals surface area (Å²) < 4.78 is 0. The Balaban J connectivity index is 2.47. The van der Waals surface area contributed by atoms with Gasteiger partial charge in [0.2, 0.25) is 0 Å². The largest absolute Gasteiger partial charge is 0.481 e. The van der Waals surface area contributed by atoms with E-state index in [0.717, 1.165) is 6.42 Å². The first-order valence-corrected chi connectivity index (χ1v) is 6.59. The van der Waals surface area contributed by atoms with Crippen molar-refractivity contribution in [2.45, 2.75) is 40.2 Å². The van der Waals surface area contributed by atoms with E-state index in [-0.39, 0.29) is 18.0 Å². The third-order valence-corrected chi connectivity index (χ3v) is 3.41. The minimum absolute atomic E-state index is 0.0219. The van der Waals surface area contributed by atoms with Gasteiger partial charge in [0.15, 0.2) is 0 Å². The van der Waals surface area contributed by atoms with Gasteiger partial charge in [-0.05, 0) is 25.2 Å². The fraction of sp³-hybridized carbons (Fsp3) is 0.846. The number of likely N-dealkylation sites (tertiary alicyclic amines) is 1. The summed E-state index contributed by atoms with van der Waals surface area (Å²) in [6, 6.07) is -0.0181. The summed E-state index contributed by atoms with van der Waals surface area (Å²) in [5.74, 6) is -0.692. The summed E-state index contributed by atoms with van der Waals surface area (Å²) in [4.78, 5) is 24.6. The van der Waals surface area contributed by atoms with E-state index in [1.54, 1.807) is 4.90 Å². The monoisotopic (exact) mass is 256 g/mol. The number of carboxylic acids is 1. The molecule has 1 unspecified atom stereocenters. The van der Waals surface area contributed by atoms with E-state index < -0.39 is 11.9 Å². The Hall–Kier alpha value is -1.26. The molecular weight excluding hydrogens is 232 g/mol. The minimum atomic E-state index is -0.812. The zero-order valence-corrected chi connectivity index (χ0v) is 11.6. The number of carbonyl (C=O) groups is 2. The van der Waals surface area contributed by atoms with Gasteiger partial charge in [-0.25, -0.2) is 4.79 Å². The highest BCUT2D eigenvalue weighted by atomic mass is 16.4. The van der Waals surface area contributed by atoms with Crippen LogP contribution < -0.4 is 5.32 Å². The Morgan fingerprint density at radius 1 is 1.33 bits per heavy atom. The van der Waals surface area contributed by atoms with Crippen molar-refractivity contribution in [3.8, 4) is 0 Å². The number of aliphatic carboxylic acids is 1. The Morgan fingerprint density at radius 3 is 2.39 bits per heavy atom. The fourth-order valence-electron chi connectivity index (χ4n) is 2.52. The smallest absolute Gasteiger partial charge is 0.317 e. The van der Waals surface area contributed by atoms with E-state index in [4.69, 9.17) is 5.11 Å². The van der Waals surface area contributed by atoms with Crippen molar-refractivity contribution >= 4 is 12.0 Å². The Bertz CT molecular complexity index is 317. The second-order valence-electron chi connectivity index (χ2n) is 5.81. The first kappa shape index (κ1) is 14.8. The number of urea groups is 1. The van der Waals surface area contributed by atoms with Crippen molar-refractivity contribution < 1.29 is 14.7 Å². The van der Waals surface area contributed by atoms with Crippen LogP contribution in [0.1, 0.15) is 34.1 Å². The molecule has 0 spiro atoms. The predicted octanol–water partition coefficient (Wildman–Crippen LogP) is 1.78. The van der Waals surface area contributed by atoms with Gasteiger partial charge in [0, 0.05) is 19.1 Å². The number of carboxylic acid groups (broad SMARTS) is 1. The molecule has 2 amide bonds. The average Bonchev–Trinajstić information content (AvgIpc) is 2.58. The zero-order chi connectivity index (χ0) is 13.9. The molecule has 0 aromatic carbocycles. The summed E-state index contributed by atoms with van der Waals surface area (Å²) in [5.41, 5.74) is 0. The molecule has 1 rings (SSSR count). The summed E-state index contributed by atoms with van der Waals surface area (Å²) in [6.07, 6.45) is 0.928. The standard InChI is InChI=1S/C13H24N2O3/c1-8(2)5-10(4)14-13(18)15-6-9(3)11(7-15)12(16)17/h8-11H,5-7H2,1-4H3,(H,14,18)(H,16,17)/t9-,10?,11-/m1/s1. The van der Waals surface area contributed by atoms with E-state index in [1.807, 2.05) is 13.8 Å². The first-order valence-electron chi connectivity index (χ1n) is 6.59. The topological polar surface area (TPSA) is 69.6 Å². The number of nitrogens with one attached hydrogen (secondary N) is 1. The van der Waals surface area contributed by atoms with Crippen LogP contribution in [-0.4, -0.2) is 41.1 Å². The number of carbonyl (C=O) groups excluding carboxylic acids is 1. The molecule has 0 aromatic heterocycles. The molecule has 5 nitrogen and oxygen atoms in total. The van der Waals surface area contributed by atoms with E-state index in [0.29, 0.717) is 19.0 Å². The van der Waals surface area contributed by atoms with Crippen LogP contribution in [0.25, 0.3) is 0 Å². The van der Waals surface area contributed by atoms with E-state index in [2.05, 4.69) is 19.2 Å². The Kier molecular flexibility index (Phi) is 4.99. The van der Waals surface area contributed by atoms with Gasteiger partial charge in [0.05, 0.1) is 5.92 Å². The van der Waals surface area contributed by atoms with Gasteiger partial charge in [0.25, 0.3) is 0 Å². The minimum Gasteiger partial charge on any atom is -0.481 e. The maximum absolute atomic E-state index is 12.0. The second-order valence-corrected chi connectivity index (χ2v) is 5.81. The summed E-state index contributed by atoms with van der Waals surface area (Å²) in [5, 5.41) is 12.0.